The summed E-state index contributed by atoms with van der Waals surface area (Å²) in [6.07, 6.45) is 2.10. The number of carbonyl (C=O) groups is 1. The van der Waals surface area contributed by atoms with Gasteiger partial charge in [-0.2, -0.15) is 0 Å². The summed E-state index contributed by atoms with van der Waals surface area (Å²) in [5.41, 5.74) is 7.38. The second-order valence-corrected chi connectivity index (χ2v) is 5.38. The molecule has 0 spiro atoms. The number of anilines is 1. The summed E-state index contributed by atoms with van der Waals surface area (Å²) >= 11 is 0. The fourth-order valence-electron chi connectivity index (χ4n) is 2.57. The number of nitrogens with two attached hydrogens (primary N) is 1. The van der Waals surface area contributed by atoms with Crippen LogP contribution < -0.4 is 11.1 Å². The molecule has 1 aliphatic heterocycles. The van der Waals surface area contributed by atoms with Gasteiger partial charge in [-0.25, -0.2) is 0 Å². The number of hydrogen-bond donors (Lipinski definition) is 3. The molecule has 2 rings (SSSR count). The molecular weight excluding hydrogens is 254 g/mol. The third-order valence-corrected chi connectivity index (χ3v) is 3.70. The van der Waals surface area contributed by atoms with Crippen LogP contribution in [0.3, 0.4) is 0 Å². The third kappa shape index (κ3) is 4.30. The number of carbonyl (C=O) groups excluding carboxylic acids is 1. The lowest BCUT2D eigenvalue weighted by Gasteiger charge is -2.31. The maximum Gasteiger partial charge on any atom is 0.238 e. The van der Waals surface area contributed by atoms with Gasteiger partial charge < -0.3 is 16.2 Å². The minimum absolute atomic E-state index is 0.0101. The Morgan fingerprint density at radius 3 is 2.80 bits per heavy atom. The van der Waals surface area contributed by atoms with Crippen LogP contribution in [0, 0.1) is 5.92 Å². The summed E-state index contributed by atoms with van der Waals surface area (Å²) in [5, 5.41) is 12.1. The van der Waals surface area contributed by atoms with E-state index in [1.54, 1.807) is 0 Å². The maximum absolute atomic E-state index is 12.0. The van der Waals surface area contributed by atoms with Crippen LogP contribution in [0.25, 0.3) is 0 Å². The van der Waals surface area contributed by atoms with Crippen molar-refractivity contribution in [3.8, 4) is 0 Å². The minimum atomic E-state index is -0.0101. The Morgan fingerprint density at radius 2 is 2.15 bits per heavy atom. The Morgan fingerprint density at radius 1 is 1.40 bits per heavy atom. The van der Waals surface area contributed by atoms with E-state index in [4.69, 9.17) is 5.73 Å². The van der Waals surface area contributed by atoms with Gasteiger partial charge in [0.25, 0.3) is 0 Å². The van der Waals surface area contributed by atoms with Crippen molar-refractivity contribution in [1.29, 1.82) is 0 Å². The Labute approximate surface area is 119 Å². The second kappa shape index (κ2) is 7.38. The van der Waals surface area contributed by atoms with Gasteiger partial charge in [0.1, 0.15) is 0 Å². The lowest BCUT2D eigenvalue weighted by Crippen LogP contribution is -2.41. The highest BCUT2D eigenvalue weighted by Gasteiger charge is 2.20. The average Bonchev–Trinajstić information content (AvgIpc) is 2.48. The summed E-state index contributed by atoms with van der Waals surface area (Å²) < 4.78 is 0. The van der Waals surface area contributed by atoms with Crippen LogP contribution in [0.4, 0.5) is 5.69 Å². The molecule has 1 atom stereocenters. The minimum Gasteiger partial charge on any atom is -0.396 e. The number of amides is 1. The van der Waals surface area contributed by atoms with Gasteiger partial charge in [0.05, 0.1) is 6.54 Å². The zero-order chi connectivity index (χ0) is 14.4. The molecular formula is C15H23N3O2. The van der Waals surface area contributed by atoms with E-state index in [-0.39, 0.29) is 12.5 Å². The molecule has 20 heavy (non-hydrogen) atoms. The van der Waals surface area contributed by atoms with E-state index in [1.165, 1.54) is 0 Å². The quantitative estimate of drug-likeness (QED) is 0.743. The number of nitrogens with one attached hydrogen (secondary N) is 1. The van der Waals surface area contributed by atoms with Gasteiger partial charge in [-0.05, 0) is 43.0 Å². The van der Waals surface area contributed by atoms with Crippen molar-refractivity contribution < 1.29 is 9.90 Å². The summed E-state index contributed by atoms with van der Waals surface area (Å²) in [6, 6.07) is 7.57. The SMILES string of the molecule is NCc1ccc(NC(=O)CN2CCCC(CO)C2)cc1. The maximum atomic E-state index is 12.0. The first-order chi connectivity index (χ1) is 9.71. The molecule has 4 N–H and O–H groups in total. The van der Waals surface area contributed by atoms with Crippen molar-refractivity contribution in [3.63, 3.8) is 0 Å². The van der Waals surface area contributed by atoms with Crippen LogP contribution in [0.2, 0.25) is 0 Å². The predicted molar refractivity (Wildman–Crippen MR) is 79.2 cm³/mol. The number of nitrogens with zero attached hydrogens (tertiary/aromatic N) is 1. The first-order valence-corrected chi connectivity index (χ1v) is 7.13. The van der Waals surface area contributed by atoms with E-state index >= 15 is 0 Å². The lowest BCUT2D eigenvalue weighted by molar-refractivity contribution is -0.117. The van der Waals surface area contributed by atoms with Gasteiger partial charge >= 0.3 is 0 Å². The van der Waals surface area contributed by atoms with Crippen LogP contribution in [0.15, 0.2) is 24.3 Å². The van der Waals surface area contributed by atoms with Crippen molar-refractivity contribution in [3.05, 3.63) is 29.8 Å². The van der Waals surface area contributed by atoms with E-state index < -0.39 is 0 Å². The standard InChI is InChI=1S/C15H23N3O2/c16-8-12-3-5-14(6-4-12)17-15(20)10-18-7-1-2-13(9-18)11-19/h3-6,13,19H,1-2,7-11,16H2,(H,17,20). The van der Waals surface area contributed by atoms with Crippen LogP contribution >= 0.6 is 0 Å². The Bertz CT molecular complexity index is 433. The average molecular weight is 277 g/mol. The molecule has 1 amide bonds. The molecule has 1 fully saturated rings. The second-order valence-electron chi connectivity index (χ2n) is 5.38. The fraction of sp³-hybridized carbons (Fsp3) is 0.533. The predicted octanol–water partition coefficient (Wildman–Crippen LogP) is 0.788. The van der Waals surface area contributed by atoms with Crippen molar-refractivity contribution >= 4 is 11.6 Å². The van der Waals surface area contributed by atoms with Crippen LogP contribution in [-0.2, 0) is 11.3 Å². The van der Waals surface area contributed by atoms with Gasteiger partial charge in [0.15, 0.2) is 0 Å². The van der Waals surface area contributed by atoms with E-state index in [2.05, 4.69) is 10.2 Å². The molecule has 110 valence electrons. The highest BCUT2D eigenvalue weighted by Crippen LogP contribution is 2.15. The number of likely N-dealkylation sites (tertiary alicyclic amines) is 1. The smallest absolute Gasteiger partial charge is 0.238 e. The molecule has 1 heterocycles. The normalized spacial score (nSPS) is 19.8. The van der Waals surface area contributed by atoms with E-state index in [0.29, 0.717) is 19.0 Å². The molecule has 1 saturated heterocycles. The molecule has 1 aromatic carbocycles. The number of piperidine rings is 1. The summed E-state index contributed by atoms with van der Waals surface area (Å²) in [6.45, 7) is 2.82. The van der Waals surface area contributed by atoms with E-state index in [1.807, 2.05) is 24.3 Å². The summed E-state index contributed by atoms with van der Waals surface area (Å²) in [7, 11) is 0. The van der Waals surface area contributed by atoms with Crippen molar-refractivity contribution in [2.45, 2.75) is 19.4 Å². The van der Waals surface area contributed by atoms with Gasteiger partial charge in [-0.1, -0.05) is 12.1 Å². The van der Waals surface area contributed by atoms with Gasteiger partial charge in [-0.15, -0.1) is 0 Å². The van der Waals surface area contributed by atoms with Crippen LogP contribution in [0.1, 0.15) is 18.4 Å². The first kappa shape index (κ1) is 15.0. The van der Waals surface area contributed by atoms with Crippen molar-refractivity contribution in [1.82, 2.24) is 4.90 Å². The summed E-state index contributed by atoms with van der Waals surface area (Å²) in [4.78, 5) is 14.1. The van der Waals surface area contributed by atoms with Crippen molar-refractivity contribution in [2.75, 3.05) is 31.6 Å². The topological polar surface area (TPSA) is 78.6 Å². The Hall–Kier alpha value is -1.43. The first-order valence-electron chi connectivity index (χ1n) is 7.13. The largest absolute Gasteiger partial charge is 0.396 e. The highest BCUT2D eigenvalue weighted by atomic mass is 16.3. The number of aliphatic hydroxyl groups is 1. The van der Waals surface area contributed by atoms with Crippen molar-refractivity contribution in [2.24, 2.45) is 11.7 Å². The zero-order valence-electron chi connectivity index (χ0n) is 11.7. The zero-order valence-corrected chi connectivity index (χ0v) is 11.7. The highest BCUT2D eigenvalue weighted by molar-refractivity contribution is 5.92. The monoisotopic (exact) mass is 277 g/mol. The Balaban J connectivity index is 1.82. The molecule has 5 nitrogen and oxygen atoms in total. The number of rotatable bonds is 5. The molecule has 0 aliphatic carbocycles. The van der Waals surface area contributed by atoms with Gasteiger partial charge in [-0.3, -0.25) is 9.69 Å². The molecule has 0 radical (unpaired) electrons. The molecule has 1 unspecified atom stereocenters. The molecule has 0 bridgehead atoms. The molecule has 0 saturated carbocycles. The number of hydrogen-bond acceptors (Lipinski definition) is 4. The van der Waals surface area contributed by atoms with Gasteiger partial charge in [0.2, 0.25) is 5.91 Å². The number of benzene rings is 1. The third-order valence-electron chi connectivity index (χ3n) is 3.70. The van der Waals surface area contributed by atoms with E-state index in [0.717, 1.165) is 37.2 Å². The fourth-order valence-corrected chi connectivity index (χ4v) is 2.57. The van der Waals surface area contributed by atoms with Crippen LogP contribution in [-0.4, -0.2) is 42.2 Å². The lowest BCUT2D eigenvalue weighted by atomic mass is 9.99. The van der Waals surface area contributed by atoms with Gasteiger partial charge in [0, 0.05) is 25.4 Å². The molecule has 0 aromatic heterocycles. The van der Waals surface area contributed by atoms with E-state index in [9.17, 15) is 9.90 Å². The molecule has 1 aliphatic rings. The molecule has 1 aromatic rings. The number of aliphatic hydroxyl groups excluding tert-OH is 1. The Kier molecular flexibility index (Phi) is 5.52. The van der Waals surface area contributed by atoms with Crippen LogP contribution in [0.5, 0.6) is 0 Å². The molecule has 5 heteroatoms. The summed E-state index contributed by atoms with van der Waals surface area (Å²) in [5.74, 6) is 0.296.